The average Bonchev–Trinajstić information content (AvgIpc) is 2.74. The monoisotopic (exact) mass is 225 g/mol. The maximum absolute atomic E-state index is 5.53. The van der Waals surface area contributed by atoms with Gasteiger partial charge in [-0.1, -0.05) is 26.7 Å². The zero-order valence-electron chi connectivity index (χ0n) is 10.4. The molecule has 0 radical (unpaired) electrons. The predicted octanol–water partition coefficient (Wildman–Crippen LogP) is 3.10. The first-order valence-corrected chi connectivity index (χ1v) is 6.21. The summed E-state index contributed by atoms with van der Waals surface area (Å²) in [6.45, 7) is 7.56. The van der Waals surface area contributed by atoms with Crippen molar-refractivity contribution in [2.75, 3.05) is 13.2 Å². The molecule has 0 amide bonds. The molecule has 3 nitrogen and oxygen atoms in total. The SMILES string of the molecule is CCCCCOCc1cc(CNCC)co1. The Morgan fingerprint density at radius 2 is 2.19 bits per heavy atom. The molecule has 0 saturated heterocycles. The van der Waals surface area contributed by atoms with Gasteiger partial charge in [0.2, 0.25) is 0 Å². The van der Waals surface area contributed by atoms with Crippen molar-refractivity contribution in [1.82, 2.24) is 5.32 Å². The van der Waals surface area contributed by atoms with Crippen LogP contribution in [0.15, 0.2) is 16.7 Å². The second-order valence-corrected chi connectivity index (χ2v) is 3.96. The van der Waals surface area contributed by atoms with Crippen molar-refractivity contribution in [3.8, 4) is 0 Å². The van der Waals surface area contributed by atoms with E-state index < -0.39 is 0 Å². The Morgan fingerprint density at radius 1 is 1.31 bits per heavy atom. The Labute approximate surface area is 98.2 Å². The largest absolute Gasteiger partial charge is 0.467 e. The third-order valence-corrected chi connectivity index (χ3v) is 2.42. The Hall–Kier alpha value is -0.800. The lowest BCUT2D eigenvalue weighted by Crippen LogP contribution is -2.10. The van der Waals surface area contributed by atoms with Gasteiger partial charge in [-0.25, -0.2) is 0 Å². The standard InChI is InChI=1S/C13H23NO2/c1-3-5-6-7-15-11-13-8-12(10-16-13)9-14-4-2/h8,10,14H,3-7,9,11H2,1-2H3. The van der Waals surface area contributed by atoms with E-state index in [1.807, 2.05) is 0 Å². The van der Waals surface area contributed by atoms with Crippen LogP contribution in [0.1, 0.15) is 44.4 Å². The third-order valence-electron chi connectivity index (χ3n) is 2.42. The van der Waals surface area contributed by atoms with Crippen LogP contribution in [0.25, 0.3) is 0 Å². The summed E-state index contributed by atoms with van der Waals surface area (Å²) in [5.41, 5.74) is 1.19. The highest BCUT2D eigenvalue weighted by Crippen LogP contribution is 2.09. The number of furan rings is 1. The molecule has 16 heavy (non-hydrogen) atoms. The maximum Gasteiger partial charge on any atom is 0.129 e. The fourth-order valence-electron chi connectivity index (χ4n) is 1.49. The fraction of sp³-hybridized carbons (Fsp3) is 0.692. The van der Waals surface area contributed by atoms with E-state index in [0.717, 1.165) is 31.9 Å². The summed E-state index contributed by atoms with van der Waals surface area (Å²) in [6.07, 6.45) is 5.41. The molecule has 0 aliphatic rings. The van der Waals surface area contributed by atoms with Crippen LogP contribution in [0.4, 0.5) is 0 Å². The summed E-state index contributed by atoms with van der Waals surface area (Å²) in [6, 6.07) is 2.06. The molecule has 0 fully saturated rings. The van der Waals surface area contributed by atoms with Gasteiger partial charge in [0.05, 0.1) is 6.26 Å². The smallest absolute Gasteiger partial charge is 0.129 e. The molecular weight excluding hydrogens is 202 g/mol. The number of nitrogens with one attached hydrogen (secondary N) is 1. The van der Waals surface area contributed by atoms with Gasteiger partial charge >= 0.3 is 0 Å². The molecule has 0 saturated carbocycles. The first kappa shape index (κ1) is 13.3. The van der Waals surface area contributed by atoms with E-state index in [-0.39, 0.29) is 0 Å². The van der Waals surface area contributed by atoms with Gasteiger partial charge in [-0.2, -0.15) is 0 Å². The lowest BCUT2D eigenvalue weighted by Gasteiger charge is -2.00. The molecule has 0 atom stereocenters. The van der Waals surface area contributed by atoms with Gasteiger partial charge in [0, 0.05) is 18.7 Å². The molecule has 0 aliphatic heterocycles. The van der Waals surface area contributed by atoms with Gasteiger partial charge in [-0.3, -0.25) is 0 Å². The zero-order valence-corrected chi connectivity index (χ0v) is 10.4. The van der Waals surface area contributed by atoms with E-state index in [1.165, 1.54) is 18.4 Å². The molecular formula is C13H23NO2. The summed E-state index contributed by atoms with van der Waals surface area (Å²) in [7, 11) is 0. The fourth-order valence-corrected chi connectivity index (χ4v) is 1.49. The van der Waals surface area contributed by atoms with E-state index in [0.29, 0.717) is 6.61 Å². The summed E-state index contributed by atoms with van der Waals surface area (Å²) in [5, 5.41) is 3.26. The van der Waals surface area contributed by atoms with Gasteiger partial charge in [0.25, 0.3) is 0 Å². The van der Waals surface area contributed by atoms with Crippen LogP contribution in [0.5, 0.6) is 0 Å². The highest BCUT2D eigenvalue weighted by molar-refractivity contribution is 5.11. The topological polar surface area (TPSA) is 34.4 Å². The number of unbranched alkanes of at least 4 members (excludes halogenated alkanes) is 2. The van der Waals surface area contributed by atoms with Gasteiger partial charge < -0.3 is 14.5 Å². The molecule has 0 aromatic carbocycles. The molecule has 0 bridgehead atoms. The van der Waals surface area contributed by atoms with E-state index in [9.17, 15) is 0 Å². The molecule has 3 heteroatoms. The summed E-state index contributed by atoms with van der Waals surface area (Å²) in [5.74, 6) is 0.921. The Morgan fingerprint density at radius 3 is 2.94 bits per heavy atom. The van der Waals surface area contributed by atoms with Crippen molar-refractivity contribution in [3.63, 3.8) is 0 Å². The molecule has 92 valence electrons. The number of hydrogen-bond donors (Lipinski definition) is 1. The molecule has 1 heterocycles. The molecule has 0 spiro atoms. The third kappa shape index (κ3) is 5.33. The normalized spacial score (nSPS) is 10.9. The van der Waals surface area contributed by atoms with E-state index in [2.05, 4.69) is 25.2 Å². The van der Waals surface area contributed by atoms with Gasteiger partial charge in [-0.15, -0.1) is 0 Å². The van der Waals surface area contributed by atoms with Crippen molar-refractivity contribution in [2.24, 2.45) is 0 Å². The van der Waals surface area contributed by atoms with E-state index in [1.54, 1.807) is 6.26 Å². The van der Waals surface area contributed by atoms with E-state index >= 15 is 0 Å². The van der Waals surface area contributed by atoms with Crippen LogP contribution in [0.3, 0.4) is 0 Å². The van der Waals surface area contributed by atoms with Gasteiger partial charge in [0.1, 0.15) is 12.4 Å². The summed E-state index contributed by atoms with van der Waals surface area (Å²) in [4.78, 5) is 0. The first-order chi connectivity index (χ1) is 7.86. The number of ether oxygens (including phenoxy) is 1. The Balaban J connectivity index is 2.14. The predicted molar refractivity (Wildman–Crippen MR) is 65.3 cm³/mol. The molecule has 1 aromatic rings. The average molecular weight is 225 g/mol. The van der Waals surface area contributed by atoms with Crippen LogP contribution < -0.4 is 5.32 Å². The lowest BCUT2D eigenvalue weighted by molar-refractivity contribution is 0.103. The number of hydrogen-bond acceptors (Lipinski definition) is 3. The highest BCUT2D eigenvalue weighted by Gasteiger charge is 2.01. The minimum atomic E-state index is 0.593. The molecule has 0 aliphatic carbocycles. The molecule has 1 aromatic heterocycles. The van der Waals surface area contributed by atoms with Crippen LogP contribution in [0, 0.1) is 0 Å². The summed E-state index contributed by atoms with van der Waals surface area (Å²) >= 11 is 0. The van der Waals surface area contributed by atoms with Gasteiger partial charge in [0.15, 0.2) is 0 Å². The highest BCUT2D eigenvalue weighted by atomic mass is 16.5. The lowest BCUT2D eigenvalue weighted by atomic mass is 10.3. The first-order valence-electron chi connectivity index (χ1n) is 6.21. The Kier molecular flexibility index (Phi) is 6.93. The van der Waals surface area contributed by atoms with Crippen molar-refractivity contribution in [1.29, 1.82) is 0 Å². The minimum absolute atomic E-state index is 0.593. The van der Waals surface area contributed by atoms with Crippen LogP contribution in [-0.4, -0.2) is 13.2 Å². The van der Waals surface area contributed by atoms with Crippen molar-refractivity contribution in [3.05, 3.63) is 23.7 Å². The second kappa shape index (κ2) is 8.36. The number of rotatable bonds is 9. The zero-order chi connectivity index (χ0) is 11.6. The quantitative estimate of drug-likeness (QED) is 0.656. The van der Waals surface area contributed by atoms with Crippen LogP contribution in [0.2, 0.25) is 0 Å². The van der Waals surface area contributed by atoms with E-state index in [4.69, 9.17) is 9.15 Å². The summed E-state index contributed by atoms with van der Waals surface area (Å²) < 4.78 is 10.9. The van der Waals surface area contributed by atoms with Gasteiger partial charge in [-0.05, 0) is 19.0 Å². The maximum atomic E-state index is 5.53. The van der Waals surface area contributed by atoms with Crippen molar-refractivity contribution >= 4 is 0 Å². The molecule has 0 unspecified atom stereocenters. The van der Waals surface area contributed by atoms with Crippen molar-refractivity contribution < 1.29 is 9.15 Å². The Bertz CT molecular complexity index is 271. The van der Waals surface area contributed by atoms with Crippen LogP contribution in [-0.2, 0) is 17.9 Å². The second-order valence-electron chi connectivity index (χ2n) is 3.96. The van der Waals surface area contributed by atoms with Crippen molar-refractivity contribution in [2.45, 2.75) is 46.3 Å². The molecule has 1 N–H and O–H groups in total. The van der Waals surface area contributed by atoms with Crippen LogP contribution >= 0.6 is 0 Å². The molecule has 1 rings (SSSR count). The minimum Gasteiger partial charge on any atom is -0.467 e.